The average Bonchev–Trinajstić information content (AvgIpc) is 2.69. The van der Waals surface area contributed by atoms with Gasteiger partial charge >= 0.3 is 0 Å². The molecule has 0 spiro atoms. The van der Waals surface area contributed by atoms with E-state index in [1.807, 2.05) is 0 Å². The minimum Gasteiger partial charge on any atom is -0.388 e. The van der Waals surface area contributed by atoms with E-state index in [-0.39, 0.29) is 6.10 Å². The normalized spacial score (nSPS) is 19.1. The number of unbranched alkanes of at least 4 members (excludes halogenated alkanes) is 2. The predicted molar refractivity (Wildman–Crippen MR) is 61.8 cm³/mol. The smallest absolute Gasteiger partial charge is 0.0807 e. The van der Waals surface area contributed by atoms with Gasteiger partial charge < -0.3 is 9.67 Å². The molecule has 1 aliphatic rings. The van der Waals surface area contributed by atoms with Gasteiger partial charge in [-0.1, -0.05) is 0 Å². The van der Waals surface area contributed by atoms with Crippen molar-refractivity contribution in [2.45, 2.75) is 51.2 Å². The third-order valence-corrected chi connectivity index (χ3v) is 3.23. The summed E-state index contributed by atoms with van der Waals surface area (Å²) in [6.45, 7) is 0.960. The Bertz CT molecular complexity index is 389. The Morgan fingerprint density at radius 3 is 3.06 bits per heavy atom. The molecule has 1 aliphatic carbocycles. The minimum atomic E-state index is -0.260. The van der Waals surface area contributed by atoms with Crippen molar-refractivity contribution in [2.24, 2.45) is 0 Å². The molecule has 3 heteroatoms. The van der Waals surface area contributed by atoms with Gasteiger partial charge in [-0.15, -0.1) is 0 Å². The zero-order valence-corrected chi connectivity index (χ0v) is 9.52. The van der Waals surface area contributed by atoms with Gasteiger partial charge in [-0.05, 0) is 37.7 Å². The Morgan fingerprint density at radius 2 is 2.31 bits per heavy atom. The number of nitrogens with zero attached hydrogens (tertiary/aromatic N) is 2. The molecule has 1 N–H and O–H groups in total. The number of aliphatic hydroxyl groups is 1. The molecule has 1 heterocycles. The van der Waals surface area contributed by atoms with Gasteiger partial charge in [-0.2, -0.15) is 5.26 Å². The summed E-state index contributed by atoms with van der Waals surface area (Å²) >= 11 is 0. The van der Waals surface area contributed by atoms with Gasteiger partial charge in [0.15, 0.2) is 0 Å². The van der Waals surface area contributed by atoms with Crippen LogP contribution in [0.2, 0.25) is 0 Å². The molecule has 16 heavy (non-hydrogen) atoms. The van der Waals surface area contributed by atoms with Crippen molar-refractivity contribution in [1.29, 1.82) is 5.26 Å². The van der Waals surface area contributed by atoms with E-state index in [4.69, 9.17) is 5.26 Å². The molecule has 0 radical (unpaired) electrons. The summed E-state index contributed by atoms with van der Waals surface area (Å²) in [5.41, 5.74) is 2.42. The Hall–Kier alpha value is -1.27. The van der Waals surface area contributed by atoms with Crippen LogP contribution in [0.1, 0.15) is 49.3 Å². The summed E-state index contributed by atoms with van der Waals surface area (Å²) in [6.07, 6.45) is 9.69. The summed E-state index contributed by atoms with van der Waals surface area (Å²) in [6, 6.07) is 2.16. The number of rotatable bonds is 4. The van der Waals surface area contributed by atoms with Crippen LogP contribution in [0.4, 0.5) is 0 Å². The Morgan fingerprint density at radius 1 is 1.44 bits per heavy atom. The molecule has 0 aromatic carbocycles. The molecule has 0 aliphatic heterocycles. The van der Waals surface area contributed by atoms with E-state index in [0.29, 0.717) is 6.42 Å². The van der Waals surface area contributed by atoms with Crippen LogP contribution in [0.15, 0.2) is 12.4 Å². The minimum absolute atomic E-state index is 0.260. The van der Waals surface area contributed by atoms with Crippen LogP contribution in [-0.2, 0) is 13.0 Å². The number of aryl methyl sites for hydroxylation is 2. The fourth-order valence-corrected chi connectivity index (χ4v) is 2.35. The summed E-state index contributed by atoms with van der Waals surface area (Å²) in [7, 11) is 0. The lowest BCUT2D eigenvalue weighted by atomic mass is 9.93. The number of aromatic nitrogens is 1. The van der Waals surface area contributed by atoms with Crippen LogP contribution in [0.3, 0.4) is 0 Å². The molecule has 0 saturated carbocycles. The zero-order valence-electron chi connectivity index (χ0n) is 9.52. The van der Waals surface area contributed by atoms with Crippen molar-refractivity contribution in [2.75, 3.05) is 0 Å². The van der Waals surface area contributed by atoms with E-state index in [0.717, 1.165) is 44.2 Å². The maximum atomic E-state index is 9.83. The molecular weight excluding hydrogens is 200 g/mol. The molecule has 3 nitrogen and oxygen atoms in total. The highest BCUT2D eigenvalue weighted by atomic mass is 16.3. The summed E-state index contributed by atoms with van der Waals surface area (Å²) in [5.74, 6) is 0. The monoisotopic (exact) mass is 218 g/mol. The third kappa shape index (κ3) is 2.45. The zero-order chi connectivity index (χ0) is 11.4. The number of nitriles is 1. The van der Waals surface area contributed by atoms with Gasteiger partial charge in [0.2, 0.25) is 0 Å². The molecule has 0 bridgehead atoms. The average molecular weight is 218 g/mol. The fourth-order valence-electron chi connectivity index (χ4n) is 2.35. The van der Waals surface area contributed by atoms with Gasteiger partial charge in [0.1, 0.15) is 0 Å². The number of fused-ring (bicyclic) bond motifs is 1. The van der Waals surface area contributed by atoms with Crippen LogP contribution in [0.25, 0.3) is 0 Å². The Kier molecular flexibility index (Phi) is 3.63. The summed E-state index contributed by atoms with van der Waals surface area (Å²) in [5, 5.41) is 18.3. The quantitative estimate of drug-likeness (QED) is 0.789. The van der Waals surface area contributed by atoms with E-state index in [9.17, 15) is 5.11 Å². The van der Waals surface area contributed by atoms with Crippen LogP contribution < -0.4 is 0 Å². The fraction of sp³-hybridized carbons (Fsp3) is 0.615. The van der Waals surface area contributed by atoms with Crippen LogP contribution in [-0.4, -0.2) is 9.67 Å². The standard InChI is InChI=1S/C13H18N2O/c14-7-2-1-3-8-15-9-11-5-4-6-13(16)12(11)10-15/h9-10,13,16H,1-6,8H2. The van der Waals surface area contributed by atoms with Gasteiger partial charge in [0.05, 0.1) is 12.2 Å². The molecule has 0 amide bonds. The van der Waals surface area contributed by atoms with E-state index in [2.05, 4.69) is 23.0 Å². The van der Waals surface area contributed by atoms with Crippen LogP contribution >= 0.6 is 0 Å². The van der Waals surface area contributed by atoms with E-state index >= 15 is 0 Å². The highest BCUT2D eigenvalue weighted by Crippen LogP contribution is 2.30. The van der Waals surface area contributed by atoms with Crippen molar-refractivity contribution in [3.05, 3.63) is 23.5 Å². The van der Waals surface area contributed by atoms with E-state index in [1.54, 1.807) is 0 Å². The predicted octanol–water partition coefficient (Wildman–Crippen LogP) is 2.55. The number of aliphatic hydroxyl groups excluding tert-OH is 1. The summed E-state index contributed by atoms with van der Waals surface area (Å²) in [4.78, 5) is 0. The second kappa shape index (κ2) is 5.18. The lowest BCUT2D eigenvalue weighted by molar-refractivity contribution is 0.157. The van der Waals surface area contributed by atoms with Gasteiger partial charge in [-0.25, -0.2) is 0 Å². The van der Waals surface area contributed by atoms with Crippen molar-refractivity contribution >= 4 is 0 Å². The molecule has 86 valence electrons. The largest absolute Gasteiger partial charge is 0.388 e. The molecule has 1 aromatic rings. The molecule has 1 aromatic heterocycles. The van der Waals surface area contributed by atoms with E-state index in [1.165, 1.54) is 5.56 Å². The topological polar surface area (TPSA) is 49.0 Å². The van der Waals surface area contributed by atoms with Gasteiger partial charge in [0, 0.05) is 30.9 Å². The molecule has 1 atom stereocenters. The van der Waals surface area contributed by atoms with Crippen LogP contribution in [0.5, 0.6) is 0 Å². The van der Waals surface area contributed by atoms with Crippen LogP contribution in [0, 0.1) is 11.3 Å². The second-order valence-electron chi connectivity index (χ2n) is 4.50. The Labute approximate surface area is 96.3 Å². The van der Waals surface area contributed by atoms with Gasteiger partial charge in [-0.3, -0.25) is 0 Å². The molecular formula is C13H18N2O. The van der Waals surface area contributed by atoms with Crippen molar-refractivity contribution < 1.29 is 5.11 Å². The Balaban J connectivity index is 1.94. The maximum Gasteiger partial charge on any atom is 0.0807 e. The SMILES string of the molecule is N#CCCCCn1cc2c(c1)C(O)CCC2. The summed E-state index contributed by atoms with van der Waals surface area (Å²) < 4.78 is 2.16. The lowest BCUT2D eigenvalue weighted by Crippen LogP contribution is -2.05. The van der Waals surface area contributed by atoms with E-state index < -0.39 is 0 Å². The van der Waals surface area contributed by atoms with Gasteiger partial charge in [0.25, 0.3) is 0 Å². The highest BCUT2D eigenvalue weighted by Gasteiger charge is 2.19. The molecule has 0 saturated heterocycles. The highest BCUT2D eigenvalue weighted by molar-refractivity contribution is 5.28. The van der Waals surface area contributed by atoms with Crippen molar-refractivity contribution in [1.82, 2.24) is 4.57 Å². The van der Waals surface area contributed by atoms with Crippen molar-refractivity contribution in [3.63, 3.8) is 0 Å². The first-order chi connectivity index (χ1) is 7.81. The lowest BCUT2D eigenvalue weighted by Gasteiger charge is -2.16. The number of hydrogen-bond acceptors (Lipinski definition) is 2. The van der Waals surface area contributed by atoms with Crippen molar-refractivity contribution in [3.8, 4) is 6.07 Å². The first kappa shape index (κ1) is 11.2. The number of hydrogen-bond donors (Lipinski definition) is 1. The second-order valence-corrected chi connectivity index (χ2v) is 4.50. The molecule has 0 fully saturated rings. The first-order valence-corrected chi connectivity index (χ1v) is 6.05. The third-order valence-electron chi connectivity index (χ3n) is 3.23. The first-order valence-electron chi connectivity index (χ1n) is 6.05. The maximum absolute atomic E-state index is 9.83. The molecule has 2 rings (SSSR count). The molecule has 1 unspecified atom stereocenters.